The quantitative estimate of drug-likeness (QED) is 0.690. The third-order valence-corrected chi connectivity index (χ3v) is 3.16. The minimum Gasteiger partial charge on any atom is -0.351 e. The molecule has 2 aliphatic rings. The van der Waals surface area contributed by atoms with Crippen LogP contribution in [0, 0.1) is 5.92 Å². The lowest BCUT2D eigenvalue weighted by Crippen LogP contribution is -2.39. The molecule has 0 aliphatic carbocycles. The molecule has 2 saturated heterocycles. The largest absolute Gasteiger partial charge is 0.351 e. The molecule has 14 heavy (non-hydrogen) atoms. The van der Waals surface area contributed by atoms with Crippen LogP contribution in [0.5, 0.6) is 0 Å². The lowest BCUT2D eigenvalue weighted by Gasteiger charge is -2.25. The van der Waals surface area contributed by atoms with E-state index in [4.69, 9.17) is 0 Å². The Morgan fingerprint density at radius 1 is 1.36 bits per heavy atom. The van der Waals surface area contributed by atoms with Gasteiger partial charge in [0, 0.05) is 31.5 Å². The van der Waals surface area contributed by atoms with E-state index < -0.39 is 0 Å². The van der Waals surface area contributed by atoms with Gasteiger partial charge in [0.05, 0.1) is 6.20 Å². The number of nitrogens with zero attached hydrogens (tertiary/aromatic N) is 3. The first-order valence-corrected chi connectivity index (χ1v) is 5.17. The molecule has 3 rings (SSSR count). The second-order valence-corrected chi connectivity index (χ2v) is 4.13. The number of piperidine rings is 1. The highest BCUT2D eigenvalue weighted by Gasteiger charge is 2.35. The molecule has 0 amide bonds. The topological polar surface area (TPSA) is 41.1 Å². The zero-order valence-electron chi connectivity index (χ0n) is 8.06. The molecule has 2 unspecified atom stereocenters. The van der Waals surface area contributed by atoms with Crippen LogP contribution in [0.25, 0.3) is 0 Å². The fraction of sp³-hybridized carbons (Fsp3) is 0.600. The first-order valence-electron chi connectivity index (χ1n) is 5.17. The van der Waals surface area contributed by atoms with Crippen LogP contribution in [0.1, 0.15) is 6.42 Å². The van der Waals surface area contributed by atoms with E-state index in [-0.39, 0.29) is 0 Å². The van der Waals surface area contributed by atoms with Gasteiger partial charge in [-0.2, -0.15) is 0 Å². The molecular formula is C10H14N4. The standard InChI is InChI=1S/C10H14N4/c1-2-13-10(6-11-1)14-7-8-3-9(14)5-12-4-8/h1-2,6,8-9,12H,3-5,7H2. The molecule has 2 atom stereocenters. The monoisotopic (exact) mass is 190 g/mol. The van der Waals surface area contributed by atoms with E-state index in [1.165, 1.54) is 6.42 Å². The van der Waals surface area contributed by atoms with Crippen LogP contribution in [0.2, 0.25) is 0 Å². The predicted molar refractivity (Wildman–Crippen MR) is 54.1 cm³/mol. The van der Waals surface area contributed by atoms with Crippen molar-refractivity contribution in [2.45, 2.75) is 12.5 Å². The number of hydrogen-bond acceptors (Lipinski definition) is 4. The normalized spacial score (nSPS) is 30.7. The number of fused-ring (bicyclic) bond motifs is 2. The van der Waals surface area contributed by atoms with Gasteiger partial charge in [-0.1, -0.05) is 0 Å². The van der Waals surface area contributed by atoms with Crippen molar-refractivity contribution < 1.29 is 0 Å². The summed E-state index contributed by atoms with van der Waals surface area (Å²) >= 11 is 0. The van der Waals surface area contributed by atoms with Gasteiger partial charge in [-0.3, -0.25) is 4.98 Å². The zero-order valence-corrected chi connectivity index (χ0v) is 8.06. The lowest BCUT2D eigenvalue weighted by atomic mass is 10.0. The Bertz CT molecular complexity index is 313. The average Bonchev–Trinajstić information content (AvgIpc) is 2.55. The Hall–Kier alpha value is -1.16. The van der Waals surface area contributed by atoms with Gasteiger partial charge in [-0.25, -0.2) is 4.98 Å². The van der Waals surface area contributed by atoms with Crippen molar-refractivity contribution in [1.29, 1.82) is 0 Å². The SMILES string of the molecule is c1cnc(N2CC3CNCC2C3)cn1. The molecule has 4 nitrogen and oxygen atoms in total. The summed E-state index contributed by atoms with van der Waals surface area (Å²) < 4.78 is 0. The second kappa shape index (κ2) is 3.20. The second-order valence-electron chi connectivity index (χ2n) is 4.13. The van der Waals surface area contributed by atoms with E-state index in [1.807, 2.05) is 6.20 Å². The number of aromatic nitrogens is 2. The Kier molecular flexibility index (Phi) is 1.87. The smallest absolute Gasteiger partial charge is 0.147 e. The third-order valence-electron chi connectivity index (χ3n) is 3.16. The van der Waals surface area contributed by atoms with Gasteiger partial charge in [-0.15, -0.1) is 0 Å². The number of hydrogen-bond donors (Lipinski definition) is 1. The van der Waals surface area contributed by atoms with Crippen molar-refractivity contribution >= 4 is 5.82 Å². The van der Waals surface area contributed by atoms with E-state index >= 15 is 0 Å². The van der Waals surface area contributed by atoms with Crippen LogP contribution < -0.4 is 10.2 Å². The molecule has 0 spiro atoms. The first kappa shape index (κ1) is 8.17. The Labute approximate surface area is 83.4 Å². The Balaban J connectivity index is 1.86. The van der Waals surface area contributed by atoms with Crippen LogP contribution in [0.4, 0.5) is 5.82 Å². The maximum absolute atomic E-state index is 4.36. The van der Waals surface area contributed by atoms with E-state index in [2.05, 4.69) is 20.2 Å². The van der Waals surface area contributed by atoms with Gasteiger partial charge in [-0.05, 0) is 18.9 Å². The van der Waals surface area contributed by atoms with Crippen molar-refractivity contribution in [2.75, 3.05) is 24.5 Å². The van der Waals surface area contributed by atoms with Crippen LogP contribution >= 0.6 is 0 Å². The minimum atomic E-state index is 0.630. The van der Waals surface area contributed by atoms with Gasteiger partial charge in [0.1, 0.15) is 5.82 Å². The fourth-order valence-electron chi connectivity index (χ4n) is 2.53. The molecule has 2 bridgehead atoms. The molecule has 3 heterocycles. The molecule has 2 fully saturated rings. The van der Waals surface area contributed by atoms with Crippen molar-refractivity contribution in [3.05, 3.63) is 18.6 Å². The summed E-state index contributed by atoms with van der Waals surface area (Å²) in [6.45, 7) is 3.39. The van der Waals surface area contributed by atoms with E-state index in [0.29, 0.717) is 6.04 Å². The number of anilines is 1. The van der Waals surface area contributed by atoms with Crippen LogP contribution in [-0.4, -0.2) is 35.6 Å². The molecule has 1 aromatic heterocycles. The molecule has 1 aromatic rings. The van der Waals surface area contributed by atoms with Gasteiger partial charge < -0.3 is 10.2 Å². The summed E-state index contributed by atoms with van der Waals surface area (Å²) in [5.41, 5.74) is 0. The molecule has 2 aliphatic heterocycles. The third kappa shape index (κ3) is 1.26. The maximum atomic E-state index is 4.36. The molecule has 0 saturated carbocycles. The number of nitrogens with one attached hydrogen (secondary N) is 1. The predicted octanol–water partition coefficient (Wildman–Crippen LogP) is 0.275. The van der Waals surface area contributed by atoms with Crippen LogP contribution in [0.15, 0.2) is 18.6 Å². The van der Waals surface area contributed by atoms with E-state index in [1.54, 1.807) is 12.4 Å². The molecule has 0 aromatic carbocycles. The maximum Gasteiger partial charge on any atom is 0.147 e. The van der Waals surface area contributed by atoms with Crippen LogP contribution in [0.3, 0.4) is 0 Å². The molecule has 1 N–H and O–H groups in total. The first-order chi connectivity index (χ1) is 6.93. The summed E-state index contributed by atoms with van der Waals surface area (Å²) in [5.74, 6) is 1.83. The van der Waals surface area contributed by atoms with Crippen molar-refractivity contribution in [1.82, 2.24) is 15.3 Å². The summed E-state index contributed by atoms with van der Waals surface area (Å²) in [7, 11) is 0. The van der Waals surface area contributed by atoms with Gasteiger partial charge >= 0.3 is 0 Å². The zero-order chi connectivity index (χ0) is 9.38. The van der Waals surface area contributed by atoms with Crippen molar-refractivity contribution in [3.63, 3.8) is 0 Å². The van der Waals surface area contributed by atoms with E-state index in [9.17, 15) is 0 Å². The average molecular weight is 190 g/mol. The Morgan fingerprint density at radius 3 is 3.14 bits per heavy atom. The van der Waals surface area contributed by atoms with Crippen molar-refractivity contribution in [2.24, 2.45) is 5.92 Å². The summed E-state index contributed by atoms with van der Waals surface area (Å²) in [4.78, 5) is 10.9. The number of rotatable bonds is 1. The Morgan fingerprint density at radius 2 is 2.36 bits per heavy atom. The highest BCUT2D eigenvalue weighted by Crippen LogP contribution is 2.28. The highest BCUT2D eigenvalue weighted by atomic mass is 15.3. The van der Waals surface area contributed by atoms with Crippen molar-refractivity contribution in [3.8, 4) is 0 Å². The molecular weight excluding hydrogens is 176 g/mol. The van der Waals surface area contributed by atoms with Gasteiger partial charge in [0.2, 0.25) is 0 Å². The summed E-state index contributed by atoms with van der Waals surface area (Å²) in [6, 6.07) is 0.630. The van der Waals surface area contributed by atoms with Gasteiger partial charge in [0.25, 0.3) is 0 Å². The highest BCUT2D eigenvalue weighted by molar-refractivity contribution is 5.39. The van der Waals surface area contributed by atoms with Crippen LogP contribution in [-0.2, 0) is 0 Å². The molecule has 74 valence electrons. The summed E-state index contributed by atoms with van der Waals surface area (Å²) in [5, 5.41) is 3.46. The summed E-state index contributed by atoms with van der Waals surface area (Å²) in [6.07, 6.45) is 6.67. The van der Waals surface area contributed by atoms with E-state index in [0.717, 1.165) is 31.4 Å². The fourth-order valence-corrected chi connectivity index (χ4v) is 2.53. The molecule has 4 heteroatoms. The molecule has 0 radical (unpaired) electrons. The lowest BCUT2D eigenvalue weighted by molar-refractivity contribution is 0.433. The minimum absolute atomic E-state index is 0.630. The van der Waals surface area contributed by atoms with Gasteiger partial charge in [0.15, 0.2) is 0 Å².